The second-order valence-corrected chi connectivity index (χ2v) is 5.55. The Bertz CT molecular complexity index is 442. The Morgan fingerprint density at radius 2 is 2.11 bits per heavy atom. The summed E-state index contributed by atoms with van der Waals surface area (Å²) in [4.78, 5) is 26.5. The van der Waals surface area contributed by atoms with Crippen molar-refractivity contribution in [1.29, 1.82) is 0 Å². The van der Waals surface area contributed by atoms with Crippen molar-refractivity contribution in [3.8, 4) is 0 Å². The van der Waals surface area contributed by atoms with E-state index in [0.717, 1.165) is 10.7 Å². The molecule has 18 heavy (non-hydrogen) atoms. The Morgan fingerprint density at radius 3 is 2.61 bits per heavy atom. The molecule has 6 nitrogen and oxygen atoms in total. The minimum absolute atomic E-state index is 0.0745. The third kappa shape index (κ3) is 4.33. The van der Waals surface area contributed by atoms with Gasteiger partial charge in [-0.2, -0.15) is 0 Å². The van der Waals surface area contributed by atoms with Gasteiger partial charge in [0.05, 0.1) is 12.0 Å². The summed E-state index contributed by atoms with van der Waals surface area (Å²) in [6, 6.07) is -0.392. The van der Waals surface area contributed by atoms with Crippen LogP contribution in [0.4, 0.5) is 4.79 Å². The number of thiazole rings is 1. The molecule has 1 aromatic heterocycles. The Kier molecular flexibility index (Phi) is 4.66. The van der Waals surface area contributed by atoms with E-state index in [1.165, 1.54) is 11.3 Å². The molecule has 0 fully saturated rings. The van der Waals surface area contributed by atoms with Crippen LogP contribution in [0.3, 0.4) is 0 Å². The fourth-order valence-corrected chi connectivity index (χ4v) is 1.79. The summed E-state index contributed by atoms with van der Waals surface area (Å²) in [5, 5.41) is 16.8. The van der Waals surface area contributed by atoms with Gasteiger partial charge >= 0.3 is 12.0 Å². The van der Waals surface area contributed by atoms with Gasteiger partial charge < -0.3 is 15.7 Å². The first-order valence-corrected chi connectivity index (χ1v) is 6.35. The van der Waals surface area contributed by atoms with Gasteiger partial charge in [-0.3, -0.25) is 4.79 Å². The highest BCUT2D eigenvalue weighted by Crippen LogP contribution is 2.13. The van der Waals surface area contributed by atoms with Gasteiger partial charge in [-0.05, 0) is 20.8 Å². The third-order valence-electron chi connectivity index (χ3n) is 2.34. The molecule has 0 aromatic carbocycles. The summed E-state index contributed by atoms with van der Waals surface area (Å²) in [7, 11) is 0. The molecule has 0 unspecified atom stereocenters. The number of hydrogen-bond acceptors (Lipinski definition) is 4. The molecule has 0 saturated carbocycles. The van der Waals surface area contributed by atoms with Crippen molar-refractivity contribution in [3.63, 3.8) is 0 Å². The lowest BCUT2D eigenvalue weighted by Crippen LogP contribution is -2.43. The third-order valence-corrected chi connectivity index (χ3v) is 3.30. The number of urea groups is 1. The van der Waals surface area contributed by atoms with Crippen molar-refractivity contribution in [2.75, 3.05) is 6.54 Å². The van der Waals surface area contributed by atoms with E-state index in [1.54, 1.807) is 13.8 Å². The number of carbonyl (C=O) groups is 2. The van der Waals surface area contributed by atoms with Gasteiger partial charge in [0.25, 0.3) is 0 Å². The number of aromatic nitrogens is 1. The summed E-state index contributed by atoms with van der Waals surface area (Å²) in [5.41, 5.74) is -0.0565. The smallest absolute Gasteiger partial charge is 0.315 e. The number of carboxylic acid groups (broad SMARTS) is 1. The van der Waals surface area contributed by atoms with Crippen molar-refractivity contribution in [2.45, 2.75) is 27.3 Å². The van der Waals surface area contributed by atoms with E-state index in [-0.39, 0.29) is 6.54 Å². The molecule has 0 spiro atoms. The normalized spacial score (nSPS) is 11.1. The Balaban J connectivity index is 2.32. The molecule has 7 heteroatoms. The van der Waals surface area contributed by atoms with Crippen LogP contribution in [0.5, 0.6) is 0 Å². The molecule has 0 radical (unpaired) electrons. The minimum Gasteiger partial charge on any atom is -0.481 e. The van der Waals surface area contributed by atoms with E-state index >= 15 is 0 Å². The molecule has 0 bridgehead atoms. The van der Waals surface area contributed by atoms with Gasteiger partial charge in [-0.25, -0.2) is 9.78 Å². The zero-order chi connectivity index (χ0) is 13.8. The van der Waals surface area contributed by atoms with E-state index in [1.807, 2.05) is 12.3 Å². The number of amides is 2. The van der Waals surface area contributed by atoms with Crippen LogP contribution >= 0.6 is 11.3 Å². The number of nitrogens with one attached hydrogen (secondary N) is 2. The topological polar surface area (TPSA) is 91.3 Å². The van der Waals surface area contributed by atoms with Crippen LogP contribution in [0.25, 0.3) is 0 Å². The van der Waals surface area contributed by atoms with Crippen molar-refractivity contribution in [2.24, 2.45) is 5.41 Å². The quantitative estimate of drug-likeness (QED) is 0.754. The molecule has 0 aliphatic rings. The molecule has 2 amide bonds. The number of hydrogen-bond donors (Lipinski definition) is 3. The maximum absolute atomic E-state index is 11.5. The summed E-state index contributed by atoms with van der Waals surface area (Å²) in [6.07, 6.45) is 0. The second-order valence-electron chi connectivity index (χ2n) is 4.61. The molecule has 1 heterocycles. The number of aryl methyl sites for hydroxylation is 1. The number of aliphatic carboxylic acids is 1. The largest absolute Gasteiger partial charge is 0.481 e. The molecular formula is C11H17N3O3S. The molecular weight excluding hydrogens is 254 g/mol. The lowest BCUT2D eigenvalue weighted by molar-refractivity contribution is -0.146. The zero-order valence-electron chi connectivity index (χ0n) is 10.6. The van der Waals surface area contributed by atoms with Crippen LogP contribution in [0, 0.1) is 12.3 Å². The van der Waals surface area contributed by atoms with Crippen LogP contribution in [0.2, 0.25) is 0 Å². The van der Waals surface area contributed by atoms with Gasteiger partial charge in [-0.15, -0.1) is 11.3 Å². The molecule has 1 aromatic rings. The van der Waals surface area contributed by atoms with E-state index in [0.29, 0.717) is 6.54 Å². The maximum atomic E-state index is 11.5. The van der Waals surface area contributed by atoms with E-state index in [9.17, 15) is 9.59 Å². The van der Waals surface area contributed by atoms with E-state index in [4.69, 9.17) is 5.11 Å². The average Bonchev–Trinajstić information content (AvgIpc) is 2.69. The number of carboxylic acids is 1. The van der Waals surface area contributed by atoms with Crippen LogP contribution in [-0.2, 0) is 11.3 Å². The summed E-state index contributed by atoms with van der Waals surface area (Å²) in [5.74, 6) is -0.946. The fraction of sp³-hybridized carbons (Fsp3) is 0.545. The fourth-order valence-electron chi connectivity index (χ4n) is 1.08. The van der Waals surface area contributed by atoms with Gasteiger partial charge in [-0.1, -0.05) is 0 Å². The number of rotatable bonds is 5. The predicted octanol–water partition coefficient (Wildman–Crippen LogP) is 1.36. The highest BCUT2D eigenvalue weighted by molar-refractivity contribution is 7.09. The van der Waals surface area contributed by atoms with Crippen LogP contribution in [-0.4, -0.2) is 28.6 Å². The highest BCUT2D eigenvalue weighted by atomic mass is 32.1. The van der Waals surface area contributed by atoms with E-state index < -0.39 is 17.4 Å². The number of carbonyl (C=O) groups excluding carboxylic acids is 1. The van der Waals surface area contributed by atoms with Crippen LogP contribution in [0.1, 0.15) is 24.5 Å². The summed E-state index contributed by atoms with van der Waals surface area (Å²) in [6.45, 7) is 5.41. The van der Waals surface area contributed by atoms with Gasteiger partial charge in [0.1, 0.15) is 5.01 Å². The van der Waals surface area contributed by atoms with E-state index in [2.05, 4.69) is 15.6 Å². The lowest BCUT2D eigenvalue weighted by Gasteiger charge is -2.19. The Hall–Kier alpha value is -1.63. The predicted molar refractivity (Wildman–Crippen MR) is 68.5 cm³/mol. The average molecular weight is 271 g/mol. The lowest BCUT2D eigenvalue weighted by atomic mass is 9.94. The van der Waals surface area contributed by atoms with Crippen molar-refractivity contribution >= 4 is 23.3 Å². The first-order valence-electron chi connectivity index (χ1n) is 5.47. The second kappa shape index (κ2) is 5.81. The molecule has 1 rings (SSSR count). The van der Waals surface area contributed by atoms with Crippen molar-refractivity contribution in [3.05, 3.63) is 16.1 Å². The zero-order valence-corrected chi connectivity index (χ0v) is 11.4. The minimum atomic E-state index is -0.977. The summed E-state index contributed by atoms with van der Waals surface area (Å²) >= 11 is 1.47. The highest BCUT2D eigenvalue weighted by Gasteiger charge is 2.27. The van der Waals surface area contributed by atoms with Crippen molar-refractivity contribution < 1.29 is 14.7 Å². The van der Waals surface area contributed by atoms with Crippen LogP contribution in [0.15, 0.2) is 5.38 Å². The van der Waals surface area contributed by atoms with Crippen molar-refractivity contribution in [1.82, 2.24) is 15.6 Å². The first kappa shape index (κ1) is 14.4. The monoisotopic (exact) mass is 271 g/mol. The SMILES string of the molecule is Cc1csc(CNC(=O)NCC(C)(C)C(=O)O)n1. The standard InChI is InChI=1S/C11H17N3O3S/c1-7-5-18-8(14-7)4-12-10(17)13-6-11(2,3)9(15)16/h5H,4,6H2,1-3H3,(H,15,16)(H2,12,13,17). The Labute approximate surface area is 109 Å². The molecule has 3 N–H and O–H groups in total. The van der Waals surface area contributed by atoms with Crippen LogP contribution < -0.4 is 10.6 Å². The molecule has 0 atom stereocenters. The molecule has 100 valence electrons. The van der Waals surface area contributed by atoms with Gasteiger partial charge in [0.15, 0.2) is 0 Å². The summed E-state index contributed by atoms with van der Waals surface area (Å²) < 4.78 is 0. The Morgan fingerprint density at radius 1 is 1.44 bits per heavy atom. The van der Waals surface area contributed by atoms with Gasteiger partial charge in [0.2, 0.25) is 0 Å². The molecule has 0 aliphatic carbocycles. The molecule has 0 aliphatic heterocycles. The first-order chi connectivity index (χ1) is 8.31. The van der Waals surface area contributed by atoms with Gasteiger partial charge in [0, 0.05) is 17.6 Å². The maximum Gasteiger partial charge on any atom is 0.315 e. The molecule has 0 saturated heterocycles. The number of nitrogens with zero attached hydrogens (tertiary/aromatic N) is 1.